The molecule has 1 aliphatic carbocycles. The molecule has 0 aromatic carbocycles. The van der Waals surface area contributed by atoms with E-state index in [1.54, 1.807) is 11.9 Å². The third-order valence-electron chi connectivity index (χ3n) is 3.34. The molecular weight excluding hydrogens is 246 g/mol. The number of carbonyl (C=O) groups excluding carboxylic acids is 1. The van der Waals surface area contributed by atoms with Crippen molar-refractivity contribution < 1.29 is 14.6 Å². The van der Waals surface area contributed by atoms with Crippen molar-refractivity contribution in [3.05, 3.63) is 0 Å². The molecule has 1 fully saturated rings. The van der Waals surface area contributed by atoms with Gasteiger partial charge < -0.3 is 15.2 Å². The van der Waals surface area contributed by atoms with Crippen molar-refractivity contribution in [2.45, 2.75) is 37.3 Å². The fraction of sp³-hybridized carbons (Fsp3) is 0.846. The molecule has 0 heterocycles. The summed E-state index contributed by atoms with van der Waals surface area (Å²) in [6.45, 7) is 0.777. The smallest absolute Gasteiger partial charge is 0.235 e. The molecular formula is C13H23N3O3. The van der Waals surface area contributed by atoms with E-state index in [2.05, 4.69) is 11.4 Å². The molecule has 0 aliphatic heterocycles. The number of ether oxygens (including phenoxy) is 1. The lowest BCUT2D eigenvalue weighted by Crippen LogP contribution is -2.49. The number of aliphatic hydroxyl groups excluding tert-OH is 1. The van der Waals surface area contributed by atoms with Gasteiger partial charge in [0.2, 0.25) is 5.91 Å². The SMILES string of the molecule is COCC(O)CN(C)CC(=O)NC1(C#N)CCCC1. The predicted molar refractivity (Wildman–Crippen MR) is 70.3 cm³/mol. The zero-order valence-corrected chi connectivity index (χ0v) is 11.7. The van der Waals surface area contributed by atoms with Crippen LogP contribution in [0.2, 0.25) is 0 Å². The molecule has 0 saturated heterocycles. The van der Waals surface area contributed by atoms with Gasteiger partial charge in [0.25, 0.3) is 0 Å². The highest BCUT2D eigenvalue weighted by Gasteiger charge is 2.35. The Morgan fingerprint density at radius 1 is 1.58 bits per heavy atom. The van der Waals surface area contributed by atoms with Crippen molar-refractivity contribution >= 4 is 5.91 Å². The van der Waals surface area contributed by atoms with E-state index in [0.717, 1.165) is 25.7 Å². The zero-order chi connectivity index (χ0) is 14.3. The summed E-state index contributed by atoms with van der Waals surface area (Å²) in [4.78, 5) is 13.6. The highest BCUT2D eigenvalue weighted by molar-refractivity contribution is 5.79. The molecule has 1 saturated carbocycles. The van der Waals surface area contributed by atoms with Crippen molar-refractivity contribution in [2.24, 2.45) is 0 Å². The summed E-state index contributed by atoms with van der Waals surface area (Å²) in [7, 11) is 3.28. The van der Waals surface area contributed by atoms with Crippen LogP contribution in [0.3, 0.4) is 0 Å². The van der Waals surface area contributed by atoms with Gasteiger partial charge in [0.1, 0.15) is 5.54 Å². The van der Waals surface area contributed by atoms with Crippen LogP contribution in [0.25, 0.3) is 0 Å². The molecule has 2 N–H and O–H groups in total. The molecule has 19 heavy (non-hydrogen) atoms. The van der Waals surface area contributed by atoms with Gasteiger partial charge in [-0.1, -0.05) is 0 Å². The van der Waals surface area contributed by atoms with Crippen LogP contribution in [0.5, 0.6) is 0 Å². The van der Waals surface area contributed by atoms with Crippen molar-refractivity contribution in [3.63, 3.8) is 0 Å². The van der Waals surface area contributed by atoms with Crippen molar-refractivity contribution in [2.75, 3.05) is 33.9 Å². The van der Waals surface area contributed by atoms with Gasteiger partial charge in [-0.15, -0.1) is 0 Å². The Balaban J connectivity index is 2.36. The lowest BCUT2D eigenvalue weighted by molar-refractivity contribution is -0.123. The second kappa shape index (κ2) is 7.43. The minimum absolute atomic E-state index is 0.171. The fourth-order valence-electron chi connectivity index (χ4n) is 2.46. The molecule has 0 aromatic heterocycles. The molecule has 1 unspecified atom stereocenters. The van der Waals surface area contributed by atoms with Gasteiger partial charge >= 0.3 is 0 Å². The number of nitrogens with one attached hydrogen (secondary N) is 1. The summed E-state index contributed by atoms with van der Waals surface area (Å²) in [6.07, 6.45) is 2.81. The van der Waals surface area contributed by atoms with Gasteiger partial charge in [0.05, 0.1) is 25.3 Å². The average Bonchev–Trinajstić information content (AvgIpc) is 2.77. The zero-order valence-electron chi connectivity index (χ0n) is 11.7. The van der Waals surface area contributed by atoms with E-state index in [1.165, 1.54) is 7.11 Å². The van der Waals surface area contributed by atoms with Gasteiger partial charge in [0.15, 0.2) is 0 Å². The normalized spacial score (nSPS) is 19.1. The molecule has 108 valence electrons. The van der Waals surface area contributed by atoms with Crippen LogP contribution in [0.15, 0.2) is 0 Å². The topological polar surface area (TPSA) is 85.6 Å². The predicted octanol–water partition coefficient (Wildman–Crippen LogP) is -0.122. The molecule has 0 radical (unpaired) electrons. The van der Waals surface area contributed by atoms with E-state index >= 15 is 0 Å². The van der Waals surface area contributed by atoms with Gasteiger partial charge in [-0.3, -0.25) is 9.69 Å². The minimum atomic E-state index is -0.678. The number of methoxy groups -OCH3 is 1. The number of amides is 1. The number of hydrogen-bond acceptors (Lipinski definition) is 5. The highest BCUT2D eigenvalue weighted by atomic mass is 16.5. The van der Waals surface area contributed by atoms with E-state index in [1.807, 2.05) is 0 Å². The van der Waals surface area contributed by atoms with E-state index in [0.29, 0.717) is 6.54 Å². The fourth-order valence-corrected chi connectivity index (χ4v) is 2.46. The Bertz CT molecular complexity index is 335. The lowest BCUT2D eigenvalue weighted by atomic mass is 10.00. The first-order valence-corrected chi connectivity index (χ1v) is 6.59. The third-order valence-corrected chi connectivity index (χ3v) is 3.34. The van der Waals surface area contributed by atoms with Crippen LogP contribution < -0.4 is 5.32 Å². The Kier molecular flexibility index (Phi) is 6.22. The number of likely N-dealkylation sites (N-methyl/N-ethyl adjacent to an activating group) is 1. The Labute approximate surface area is 114 Å². The number of rotatable bonds is 7. The highest BCUT2D eigenvalue weighted by Crippen LogP contribution is 2.28. The summed E-state index contributed by atoms with van der Waals surface area (Å²) in [5, 5.41) is 21.6. The van der Waals surface area contributed by atoms with Crippen molar-refractivity contribution in [1.82, 2.24) is 10.2 Å². The van der Waals surface area contributed by atoms with Crippen LogP contribution >= 0.6 is 0 Å². The number of hydrogen-bond donors (Lipinski definition) is 2. The minimum Gasteiger partial charge on any atom is -0.389 e. The molecule has 1 rings (SSSR count). The monoisotopic (exact) mass is 269 g/mol. The molecule has 0 bridgehead atoms. The number of nitriles is 1. The van der Waals surface area contributed by atoms with Gasteiger partial charge in [0, 0.05) is 13.7 Å². The maximum atomic E-state index is 11.9. The van der Waals surface area contributed by atoms with Crippen LogP contribution in [-0.4, -0.2) is 61.4 Å². The molecule has 6 nitrogen and oxygen atoms in total. The average molecular weight is 269 g/mol. The van der Waals surface area contributed by atoms with Gasteiger partial charge in [-0.2, -0.15) is 5.26 Å². The summed E-state index contributed by atoms with van der Waals surface area (Å²) in [6, 6.07) is 2.22. The summed E-state index contributed by atoms with van der Waals surface area (Å²) < 4.78 is 4.83. The standard InChI is InChI=1S/C13H23N3O3/c1-16(7-11(17)9-19-2)8-12(18)15-13(10-14)5-3-4-6-13/h11,17H,3-9H2,1-2H3,(H,15,18). The van der Waals surface area contributed by atoms with Crippen LogP contribution in [0.1, 0.15) is 25.7 Å². The number of carbonyl (C=O) groups is 1. The van der Waals surface area contributed by atoms with E-state index in [-0.39, 0.29) is 19.1 Å². The van der Waals surface area contributed by atoms with Gasteiger partial charge in [-0.25, -0.2) is 0 Å². The quantitative estimate of drug-likeness (QED) is 0.673. The van der Waals surface area contributed by atoms with E-state index in [4.69, 9.17) is 4.74 Å². The van der Waals surface area contributed by atoms with Gasteiger partial charge in [-0.05, 0) is 32.7 Å². The summed E-state index contributed by atoms with van der Waals surface area (Å²) in [5.74, 6) is -0.171. The number of nitrogens with zero attached hydrogens (tertiary/aromatic N) is 2. The first kappa shape index (κ1) is 15.9. The molecule has 0 aromatic rings. The van der Waals surface area contributed by atoms with Crippen LogP contribution in [0, 0.1) is 11.3 Å². The van der Waals surface area contributed by atoms with Crippen molar-refractivity contribution in [1.29, 1.82) is 5.26 Å². The summed E-state index contributed by atoms with van der Waals surface area (Å²) >= 11 is 0. The number of aliphatic hydroxyl groups is 1. The third kappa shape index (κ3) is 5.15. The van der Waals surface area contributed by atoms with Crippen LogP contribution in [0.4, 0.5) is 0 Å². The molecule has 0 spiro atoms. The summed E-state index contributed by atoms with van der Waals surface area (Å²) in [5.41, 5.74) is -0.678. The molecule has 6 heteroatoms. The first-order chi connectivity index (χ1) is 9.01. The van der Waals surface area contributed by atoms with E-state index in [9.17, 15) is 15.2 Å². The lowest BCUT2D eigenvalue weighted by Gasteiger charge is -2.25. The Morgan fingerprint density at radius 2 is 2.21 bits per heavy atom. The molecule has 1 aliphatic rings. The first-order valence-electron chi connectivity index (χ1n) is 6.59. The largest absolute Gasteiger partial charge is 0.389 e. The van der Waals surface area contributed by atoms with Crippen LogP contribution in [-0.2, 0) is 9.53 Å². The Hall–Kier alpha value is -1.16. The molecule has 1 atom stereocenters. The maximum Gasteiger partial charge on any atom is 0.235 e. The van der Waals surface area contributed by atoms with E-state index < -0.39 is 11.6 Å². The maximum absolute atomic E-state index is 11.9. The second-order valence-corrected chi connectivity index (χ2v) is 5.26. The van der Waals surface area contributed by atoms with Crippen molar-refractivity contribution in [3.8, 4) is 6.07 Å². The molecule has 1 amide bonds. The second-order valence-electron chi connectivity index (χ2n) is 5.26. The Morgan fingerprint density at radius 3 is 2.74 bits per heavy atom.